The summed E-state index contributed by atoms with van der Waals surface area (Å²) < 4.78 is 4.56. The van der Waals surface area contributed by atoms with Gasteiger partial charge in [0.15, 0.2) is 0 Å². The molecule has 0 unspecified atom stereocenters. The number of hydrogen-bond acceptors (Lipinski definition) is 2. The monoisotopic (exact) mass is 670 g/mol. The van der Waals surface area contributed by atoms with Crippen LogP contribution >= 0.6 is 0 Å². The maximum atomic E-state index is 4.91. The van der Waals surface area contributed by atoms with Crippen molar-refractivity contribution >= 4 is 50.6 Å². The van der Waals surface area contributed by atoms with Gasteiger partial charge in [-0.05, 0) is 86.7 Å². The molecular weight excluding hydrogens is 633 g/mol. The molecule has 0 N–H and O–H groups in total. The molecule has 0 bridgehead atoms. The second-order valence-corrected chi connectivity index (χ2v) is 12.7. The standard InChI is InChI=1S/C48H38N4/c1-5-9-16-37(7-3)51-45(15-6-2)39(8-4)41-29-33(23-27-47(41)51)43-25-21-35(31-49-43)36-22-26-44(50-32-36)34-24-28-48-42(30-34)40-19-13-14-20-46(40)52(48)38-17-11-10-12-18-38/h5-32H,3-4H2,1-2H3/b9-5-,15-6-,37-16+. The van der Waals surface area contributed by atoms with E-state index in [1.54, 1.807) is 0 Å². The van der Waals surface area contributed by atoms with Crippen molar-refractivity contribution in [3.8, 4) is 39.3 Å². The van der Waals surface area contributed by atoms with Crippen LogP contribution < -0.4 is 0 Å². The van der Waals surface area contributed by atoms with Gasteiger partial charge in [-0.1, -0.05) is 98.1 Å². The number of benzene rings is 4. The van der Waals surface area contributed by atoms with E-state index in [4.69, 9.17) is 9.97 Å². The molecule has 4 heterocycles. The molecule has 4 aromatic carbocycles. The van der Waals surface area contributed by atoms with Crippen molar-refractivity contribution in [2.24, 2.45) is 0 Å². The maximum Gasteiger partial charge on any atom is 0.0702 e. The summed E-state index contributed by atoms with van der Waals surface area (Å²) in [5.74, 6) is 0. The number of allylic oxidation sites excluding steroid dienone is 6. The molecule has 0 aliphatic carbocycles. The summed E-state index contributed by atoms with van der Waals surface area (Å²) in [6.07, 6.45) is 18.0. The molecule has 4 aromatic heterocycles. The van der Waals surface area contributed by atoms with Crippen molar-refractivity contribution in [3.05, 3.63) is 182 Å². The molecule has 0 atom stereocenters. The first kappa shape index (κ1) is 32.4. The highest BCUT2D eigenvalue weighted by Gasteiger charge is 2.17. The predicted molar refractivity (Wildman–Crippen MR) is 222 cm³/mol. The highest BCUT2D eigenvalue weighted by atomic mass is 15.0. The molecular formula is C48H38N4. The highest BCUT2D eigenvalue weighted by molar-refractivity contribution is 6.10. The second kappa shape index (κ2) is 13.9. The number of nitrogens with zero attached hydrogens (tertiary/aromatic N) is 4. The van der Waals surface area contributed by atoms with Gasteiger partial charge in [0, 0.05) is 67.8 Å². The second-order valence-electron chi connectivity index (χ2n) is 12.7. The number of pyridine rings is 2. The van der Waals surface area contributed by atoms with Crippen LogP contribution in [0.2, 0.25) is 0 Å². The number of rotatable bonds is 9. The average Bonchev–Trinajstić information content (AvgIpc) is 3.70. The van der Waals surface area contributed by atoms with E-state index >= 15 is 0 Å². The van der Waals surface area contributed by atoms with Crippen LogP contribution in [0.1, 0.15) is 25.1 Å². The topological polar surface area (TPSA) is 35.6 Å². The SMILES string of the molecule is C=C/C(=C\C=C/C)n1c(/C=C\C)c(C=C)c2cc(-c3ccc(-c4ccc(-c5ccc6c(c5)c5ccccc5n6-c5ccccc5)nc4)cn3)ccc21. The van der Waals surface area contributed by atoms with Crippen LogP contribution in [-0.4, -0.2) is 19.1 Å². The number of hydrogen-bond donors (Lipinski definition) is 0. The van der Waals surface area contributed by atoms with Crippen LogP contribution in [0.3, 0.4) is 0 Å². The molecule has 0 aliphatic rings. The Labute approximate surface area is 304 Å². The Kier molecular flexibility index (Phi) is 8.64. The minimum absolute atomic E-state index is 0.905. The smallest absolute Gasteiger partial charge is 0.0702 e. The lowest BCUT2D eigenvalue weighted by Gasteiger charge is -2.10. The van der Waals surface area contributed by atoms with Gasteiger partial charge < -0.3 is 9.13 Å². The van der Waals surface area contributed by atoms with Gasteiger partial charge in [0.25, 0.3) is 0 Å². The lowest BCUT2D eigenvalue weighted by atomic mass is 10.0. The molecule has 0 fully saturated rings. The Balaban J connectivity index is 1.10. The molecule has 0 spiro atoms. The Hall–Kier alpha value is -6.78. The molecule has 0 saturated carbocycles. The van der Waals surface area contributed by atoms with Crippen LogP contribution in [0.4, 0.5) is 0 Å². The number of fused-ring (bicyclic) bond motifs is 4. The molecule has 0 radical (unpaired) electrons. The molecule has 8 aromatic rings. The molecule has 52 heavy (non-hydrogen) atoms. The number of para-hydroxylation sites is 2. The van der Waals surface area contributed by atoms with Crippen molar-refractivity contribution < 1.29 is 0 Å². The molecule has 0 saturated heterocycles. The minimum Gasteiger partial charge on any atom is -0.309 e. The first-order chi connectivity index (χ1) is 25.6. The van der Waals surface area contributed by atoms with Crippen LogP contribution in [0, 0.1) is 0 Å². The Morgan fingerprint density at radius 1 is 0.596 bits per heavy atom. The Morgan fingerprint density at radius 2 is 1.21 bits per heavy atom. The maximum absolute atomic E-state index is 4.91. The Morgan fingerprint density at radius 3 is 1.83 bits per heavy atom. The lowest BCUT2D eigenvalue weighted by Crippen LogP contribution is -1.97. The van der Waals surface area contributed by atoms with Crippen LogP contribution in [0.5, 0.6) is 0 Å². The summed E-state index contributed by atoms with van der Waals surface area (Å²) in [6.45, 7) is 12.3. The lowest BCUT2D eigenvalue weighted by molar-refractivity contribution is 1.15. The quantitative estimate of drug-likeness (QED) is 0.143. The first-order valence-corrected chi connectivity index (χ1v) is 17.5. The van der Waals surface area contributed by atoms with Gasteiger partial charge in [-0.25, -0.2) is 0 Å². The molecule has 250 valence electrons. The molecule has 4 heteroatoms. The normalized spacial score (nSPS) is 12.2. The number of aromatic nitrogens is 4. The summed E-state index contributed by atoms with van der Waals surface area (Å²) >= 11 is 0. The zero-order valence-electron chi connectivity index (χ0n) is 29.4. The van der Waals surface area contributed by atoms with Gasteiger partial charge in [-0.3, -0.25) is 9.97 Å². The third-order valence-corrected chi connectivity index (χ3v) is 9.64. The van der Waals surface area contributed by atoms with Gasteiger partial charge in [-0.15, -0.1) is 0 Å². The van der Waals surface area contributed by atoms with E-state index in [1.807, 2.05) is 50.5 Å². The van der Waals surface area contributed by atoms with E-state index in [2.05, 4.69) is 156 Å². The summed E-state index contributed by atoms with van der Waals surface area (Å²) in [5, 5.41) is 3.55. The van der Waals surface area contributed by atoms with E-state index in [1.165, 1.54) is 21.8 Å². The summed E-state index contributed by atoms with van der Waals surface area (Å²) in [7, 11) is 0. The molecule has 8 rings (SSSR count). The fraction of sp³-hybridized carbons (Fsp3) is 0.0417. The van der Waals surface area contributed by atoms with Crippen molar-refractivity contribution in [1.82, 2.24) is 19.1 Å². The zero-order chi connectivity index (χ0) is 35.6. The molecule has 0 amide bonds. The van der Waals surface area contributed by atoms with Gasteiger partial charge in [-0.2, -0.15) is 0 Å². The molecule has 4 nitrogen and oxygen atoms in total. The summed E-state index contributed by atoms with van der Waals surface area (Å²) in [6, 6.07) is 40.7. The van der Waals surface area contributed by atoms with Crippen molar-refractivity contribution in [3.63, 3.8) is 0 Å². The van der Waals surface area contributed by atoms with Crippen molar-refractivity contribution in [2.45, 2.75) is 13.8 Å². The van der Waals surface area contributed by atoms with E-state index in [0.717, 1.165) is 67.2 Å². The largest absolute Gasteiger partial charge is 0.309 e. The van der Waals surface area contributed by atoms with Crippen LogP contribution in [-0.2, 0) is 0 Å². The minimum atomic E-state index is 0.905. The summed E-state index contributed by atoms with van der Waals surface area (Å²) in [5.41, 5.74) is 13.8. The van der Waals surface area contributed by atoms with Crippen LogP contribution in [0.15, 0.2) is 171 Å². The van der Waals surface area contributed by atoms with Gasteiger partial charge in [0.1, 0.15) is 0 Å². The summed E-state index contributed by atoms with van der Waals surface area (Å²) in [4.78, 5) is 9.81. The average molecular weight is 671 g/mol. The van der Waals surface area contributed by atoms with E-state index in [-0.39, 0.29) is 0 Å². The van der Waals surface area contributed by atoms with Crippen molar-refractivity contribution in [1.29, 1.82) is 0 Å². The van der Waals surface area contributed by atoms with Gasteiger partial charge >= 0.3 is 0 Å². The fourth-order valence-corrected chi connectivity index (χ4v) is 7.20. The predicted octanol–water partition coefficient (Wildman–Crippen LogP) is 12.8. The third-order valence-electron chi connectivity index (χ3n) is 9.64. The van der Waals surface area contributed by atoms with Gasteiger partial charge in [0.05, 0.1) is 33.6 Å². The highest BCUT2D eigenvalue weighted by Crippen LogP contribution is 2.36. The van der Waals surface area contributed by atoms with Gasteiger partial charge in [0.2, 0.25) is 0 Å². The van der Waals surface area contributed by atoms with Crippen molar-refractivity contribution in [2.75, 3.05) is 0 Å². The van der Waals surface area contributed by atoms with E-state index < -0.39 is 0 Å². The fourth-order valence-electron chi connectivity index (χ4n) is 7.20. The van der Waals surface area contributed by atoms with E-state index in [9.17, 15) is 0 Å². The van der Waals surface area contributed by atoms with Crippen LogP contribution in [0.25, 0.3) is 89.9 Å². The first-order valence-electron chi connectivity index (χ1n) is 17.5. The Bertz CT molecular complexity index is 2700. The molecule has 0 aliphatic heterocycles. The third kappa shape index (κ3) is 5.61. The zero-order valence-corrected chi connectivity index (χ0v) is 29.4. The van der Waals surface area contributed by atoms with E-state index in [0.29, 0.717) is 0 Å².